The summed E-state index contributed by atoms with van der Waals surface area (Å²) in [5.41, 5.74) is 0.298. The van der Waals surface area contributed by atoms with E-state index in [1.807, 2.05) is 11.5 Å². The fourth-order valence-electron chi connectivity index (χ4n) is 2.61. The van der Waals surface area contributed by atoms with Gasteiger partial charge in [-0.15, -0.1) is 10.2 Å². The second-order valence-corrected chi connectivity index (χ2v) is 6.71. The summed E-state index contributed by atoms with van der Waals surface area (Å²) in [4.78, 5) is 17.6. The van der Waals surface area contributed by atoms with E-state index in [2.05, 4.69) is 25.8 Å². The monoisotopic (exact) mass is 407 g/mol. The molecule has 8 nitrogen and oxygen atoms in total. The summed E-state index contributed by atoms with van der Waals surface area (Å²) >= 11 is 0. The Hall–Kier alpha value is -3.04. The number of hydrogen-bond acceptors (Lipinski definition) is 4. The first kappa shape index (κ1) is 22.3. The van der Waals surface area contributed by atoms with Gasteiger partial charge in [0.2, 0.25) is 5.91 Å². The van der Waals surface area contributed by atoms with Gasteiger partial charge in [0.1, 0.15) is 30.3 Å². The summed E-state index contributed by atoms with van der Waals surface area (Å²) < 4.78 is 29.2. The first-order valence-electron chi connectivity index (χ1n) is 9.38. The van der Waals surface area contributed by atoms with Crippen molar-refractivity contribution < 1.29 is 13.6 Å². The molecule has 0 aliphatic heterocycles. The number of hydrogen-bond donors (Lipinski definition) is 2. The van der Waals surface area contributed by atoms with Crippen LogP contribution in [-0.4, -0.2) is 58.7 Å². The quantitative estimate of drug-likeness (QED) is 0.512. The van der Waals surface area contributed by atoms with Crippen LogP contribution in [-0.2, 0) is 17.8 Å². The van der Waals surface area contributed by atoms with Crippen LogP contribution in [0.4, 0.5) is 8.78 Å². The van der Waals surface area contributed by atoms with Crippen molar-refractivity contribution in [1.82, 2.24) is 30.3 Å². The Morgan fingerprint density at radius 3 is 2.76 bits per heavy atom. The lowest BCUT2D eigenvalue weighted by atomic mass is 10.1. The van der Waals surface area contributed by atoms with Crippen molar-refractivity contribution in [2.45, 2.75) is 32.9 Å². The summed E-state index contributed by atoms with van der Waals surface area (Å²) in [6.45, 7) is 4.75. The number of carbonyl (C=O) groups is 1. The summed E-state index contributed by atoms with van der Waals surface area (Å²) in [5, 5.41) is 14.1. The topological polar surface area (TPSA) is 87.4 Å². The molecule has 1 heterocycles. The van der Waals surface area contributed by atoms with Gasteiger partial charge in [0.25, 0.3) is 0 Å². The lowest BCUT2D eigenvalue weighted by molar-refractivity contribution is -0.127. The number of benzene rings is 1. The van der Waals surface area contributed by atoms with Crippen molar-refractivity contribution in [2.24, 2.45) is 4.99 Å². The Kier molecular flexibility index (Phi) is 8.05. The predicted octanol–water partition coefficient (Wildman–Crippen LogP) is 1.50. The summed E-state index contributed by atoms with van der Waals surface area (Å²) in [6.07, 6.45) is 2.41. The van der Waals surface area contributed by atoms with Gasteiger partial charge in [0.15, 0.2) is 5.96 Å². The third kappa shape index (κ3) is 6.51. The average molecular weight is 407 g/mol. The number of nitrogens with one attached hydrogen (secondary N) is 2. The molecule has 0 aliphatic rings. The maximum atomic E-state index is 14.1. The highest BCUT2D eigenvalue weighted by Crippen LogP contribution is 2.17. The Labute approximate surface area is 169 Å². The van der Waals surface area contributed by atoms with E-state index in [1.165, 1.54) is 17.0 Å². The minimum Gasteiger partial charge on any atom is -0.355 e. The third-order valence-electron chi connectivity index (χ3n) is 4.31. The van der Waals surface area contributed by atoms with E-state index in [4.69, 9.17) is 0 Å². The lowest BCUT2D eigenvalue weighted by Crippen LogP contribution is -2.41. The molecule has 10 heteroatoms. The number of guanidine groups is 1. The van der Waals surface area contributed by atoms with Gasteiger partial charge in [-0.3, -0.25) is 4.79 Å². The standard InChI is InChI=1S/C19H27F2N7O/c1-5-17-26-24-12-28(17)9-8-22-19(23-11-18(29)27(3)4)25-13(2)15-7-6-14(20)10-16(15)21/h6-7,10,12-13H,5,8-9,11H2,1-4H3,(H2,22,23,25). The molecule has 158 valence electrons. The fraction of sp³-hybridized carbons (Fsp3) is 0.474. The van der Waals surface area contributed by atoms with E-state index >= 15 is 0 Å². The molecule has 1 unspecified atom stereocenters. The van der Waals surface area contributed by atoms with E-state index < -0.39 is 17.7 Å². The number of halogens is 2. The van der Waals surface area contributed by atoms with Crippen LogP contribution in [0, 0.1) is 11.6 Å². The minimum atomic E-state index is -0.647. The van der Waals surface area contributed by atoms with Gasteiger partial charge in [-0.05, 0) is 13.0 Å². The smallest absolute Gasteiger partial charge is 0.243 e. The van der Waals surface area contributed by atoms with Gasteiger partial charge in [0.05, 0.1) is 6.04 Å². The molecule has 1 aromatic carbocycles. The zero-order valence-corrected chi connectivity index (χ0v) is 17.1. The van der Waals surface area contributed by atoms with E-state index in [0.717, 1.165) is 18.3 Å². The zero-order chi connectivity index (χ0) is 21.4. The van der Waals surface area contributed by atoms with Gasteiger partial charge < -0.3 is 20.1 Å². The Balaban J connectivity index is 2.07. The second kappa shape index (κ2) is 10.5. The molecule has 0 fully saturated rings. The highest BCUT2D eigenvalue weighted by Gasteiger charge is 2.14. The van der Waals surface area contributed by atoms with Gasteiger partial charge in [-0.25, -0.2) is 13.8 Å². The molecule has 1 aromatic heterocycles. The van der Waals surface area contributed by atoms with Gasteiger partial charge >= 0.3 is 0 Å². The number of amides is 1. The maximum absolute atomic E-state index is 14.1. The fourth-order valence-corrected chi connectivity index (χ4v) is 2.61. The van der Waals surface area contributed by atoms with E-state index in [-0.39, 0.29) is 12.5 Å². The molecule has 1 atom stereocenters. The molecule has 0 spiro atoms. The first-order chi connectivity index (χ1) is 13.8. The lowest BCUT2D eigenvalue weighted by Gasteiger charge is -2.20. The molecule has 0 radical (unpaired) electrons. The SMILES string of the molecule is CCc1nncn1CCNC(=NCC(=O)N(C)C)NC(C)c1ccc(F)cc1F. The van der Waals surface area contributed by atoms with Crippen LogP contribution in [0.15, 0.2) is 29.5 Å². The van der Waals surface area contributed by atoms with Crippen molar-refractivity contribution in [1.29, 1.82) is 0 Å². The molecule has 2 aromatic rings. The van der Waals surface area contributed by atoms with Crippen molar-refractivity contribution in [2.75, 3.05) is 27.2 Å². The molecule has 2 rings (SSSR count). The molecular weight excluding hydrogens is 380 g/mol. The number of nitrogens with zero attached hydrogens (tertiary/aromatic N) is 5. The van der Waals surface area contributed by atoms with Crippen molar-refractivity contribution in [3.05, 3.63) is 47.5 Å². The van der Waals surface area contributed by atoms with Gasteiger partial charge in [-0.2, -0.15) is 0 Å². The van der Waals surface area contributed by atoms with E-state index in [1.54, 1.807) is 27.3 Å². The van der Waals surface area contributed by atoms with Gasteiger partial charge in [0, 0.05) is 45.2 Å². The number of rotatable bonds is 8. The van der Waals surface area contributed by atoms with Crippen molar-refractivity contribution in [3.63, 3.8) is 0 Å². The van der Waals surface area contributed by atoms with Crippen LogP contribution in [0.1, 0.15) is 31.3 Å². The molecule has 1 amide bonds. The van der Waals surface area contributed by atoms with Crippen molar-refractivity contribution >= 4 is 11.9 Å². The van der Waals surface area contributed by atoms with Crippen LogP contribution >= 0.6 is 0 Å². The zero-order valence-electron chi connectivity index (χ0n) is 17.1. The maximum Gasteiger partial charge on any atom is 0.243 e. The molecule has 0 saturated heterocycles. The van der Waals surface area contributed by atoms with E-state index in [0.29, 0.717) is 24.6 Å². The van der Waals surface area contributed by atoms with Crippen LogP contribution in [0.2, 0.25) is 0 Å². The normalized spacial score (nSPS) is 12.6. The number of aryl methyl sites for hydroxylation is 1. The summed E-state index contributed by atoms with van der Waals surface area (Å²) in [6, 6.07) is 2.94. The number of aromatic nitrogens is 3. The van der Waals surface area contributed by atoms with Crippen LogP contribution in [0.5, 0.6) is 0 Å². The third-order valence-corrected chi connectivity index (χ3v) is 4.31. The molecule has 0 bridgehead atoms. The van der Waals surface area contributed by atoms with Gasteiger partial charge in [-0.1, -0.05) is 13.0 Å². The van der Waals surface area contributed by atoms with Crippen LogP contribution in [0.25, 0.3) is 0 Å². The highest BCUT2D eigenvalue weighted by molar-refractivity contribution is 5.85. The number of aliphatic imine (C=N–C) groups is 1. The van der Waals surface area contributed by atoms with Crippen LogP contribution < -0.4 is 10.6 Å². The van der Waals surface area contributed by atoms with Crippen LogP contribution in [0.3, 0.4) is 0 Å². The average Bonchev–Trinajstić information content (AvgIpc) is 3.12. The molecular formula is C19H27F2N7O. The molecule has 0 saturated carbocycles. The first-order valence-corrected chi connectivity index (χ1v) is 9.38. The molecule has 2 N–H and O–H groups in total. The second-order valence-electron chi connectivity index (χ2n) is 6.71. The Morgan fingerprint density at radius 1 is 1.34 bits per heavy atom. The number of likely N-dealkylation sites (N-methyl/N-ethyl adjacent to an activating group) is 1. The molecule has 0 aliphatic carbocycles. The minimum absolute atomic E-state index is 0.0617. The van der Waals surface area contributed by atoms with E-state index in [9.17, 15) is 13.6 Å². The Morgan fingerprint density at radius 2 is 2.10 bits per heavy atom. The predicted molar refractivity (Wildman–Crippen MR) is 106 cm³/mol. The Bertz CT molecular complexity index is 851. The molecule has 29 heavy (non-hydrogen) atoms. The largest absolute Gasteiger partial charge is 0.355 e. The van der Waals surface area contributed by atoms with Crippen molar-refractivity contribution in [3.8, 4) is 0 Å². The highest BCUT2D eigenvalue weighted by atomic mass is 19.1. The summed E-state index contributed by atoms with van der Waals surface area (Å²) in [5.74, 6) is -0.238. The summed E-state index contributed by atoms with van der Waals surface area (Å²) in [7, 11) is 3.29. The number of carbonyl (C=O) groups excluding carboxylic acids is 1.